The topological polar surface area (TPSA) is 76.0 Å². The summed E-state index contributed by atoms with van der Waals surface area (Å²) in [5, 5.41) is 9.76. The van der Waals surface area contributed by atoms with E-state index in [1.165, 1.54) is 12.1 Å². The van der Waals surface area contributed by atoms with E-state index in [-0.39, 0.29) is 17.6 Å². The van der Waals surface area contributed by atoms with Gasteiger partial charge in [-0.2, -0.15) is 5.10 Å². The van der Waals surface area contributed by atoms with Crippen molar-refractivity contribution in [3.05, 3.63) is 76.9 Å². The molecule has 0 fully saturated rings. The Balaban J connectivity index is 1.85. The van der Waals surface area contributed by atoms with Crippen LogP contribution in [-0.4, -0.2) is 28.6 Å². The fourth-order valence-electron chi connectivity index (χ4n) is 2.85. The number of amides is 2. The maximum absolute atomic E-state index is 13.1. The summed E-state index contributed by atoms with van der Waals surface area (Å²) in [5.74, 6) is -0.829. The molecule has 3 aromatic rings. The fraction of sp³-hybridized carbons (Fsp3) is 0.150. The highest BCUT2D eigenvalue weighted by Gasteiger charge is 2.19. The number of carbonyl (C=O) groups is 2. The quantitative estimate of drug-likeness (QED) is 0.744. The highest BCUT2D eigenvalue weighted by molar-refractivity contribution is 6.06. The number of nitrogens with one attached hydrogen (secondary N) is 2. The third-order valence-electron chi connectivity index (χ3n) is 4.22. The fourth-order valence-corrected chi connectivity index (χ4v) is 2.85. The Kier molecular flexibility index (Phi) is 5.03. The molecule has 0 atom stereocenters. The lowest BCUT2D eigenvalue weighted by Gasteiger charge is -2.08. The van der Waals surface area contributed by atoms with Gasteiger partial charge in [0, 0.05) is 18.3 Å². The van der Waals surface area contributed by atoms with Gasteiger partial charge in [-0.15, -0.1) is 0 Å². The van der Waals surface area contributed by atoms with E-state index in [9.17, 15) is 14.0 Å². The Labute approximate surface area is 156 Å². The normalized spacial score (nSPS) is 10.5. The van der Waals surface area contributed by atoms with Crippen molar-refractivity contribution in [3.63, 3.8) is 0 Å². The van der Waals surface area contributed by atoms with Gasteiger partial charge in [0.05, 0.1) is 22.6 Å². The molecule has 0 aliphatic carbocycles. The third kappa shape index (κ3) is 3.72. The van der Waals surface area contributed by atoms with E-state index in [0.717, 1.165) is 0 Å². The Morgan fingerprint density at radius 2 is 1.59 bits per heavy atom. The van der Waals surface area contributed by atoms with Crippen molar-refractivity contribution in [1.29, 1.82) is 0 Å². The Hall–Kier alpha value is -3.48. The van der Waals surface area contributed by atoms with E-state index in [4.69, 9.17) is 0 Å². The highest BCUT2D eigenvalue weighted by Crippen LogP contribution is 2.20. The summed E-state index contributed by atoms with van der Waals surface area (Å²) in [6, 6.07) is 12.5. The average Bonchev–Trinajstić information content (AvgIpc) is 2.96. The van der Waals surface area contributed by atoms with Crippen LogP contribution in [0, 0.1) is 19.7 Å². The SMILES string of the molecule is CNC(=O)c1ccc(NC(=O)c2c(C)nn(-c3ccc(F)cc3)c2C)cc1. The molecule has 2 N–H and O–H groups in total. The van der Waals surface area contributed by atoms with Gasteiger partial charge in [-0.05, 0) is 62.4 Å². The maximum Gasteiger partial charge on any atom is 0.259 e. The summed E-state index contributed by atoms with van der Waals surface area (Å²) in [6.45, 7) is 3.53. The van der Waals surface area contributed by atoms with Gasteiger partial charge < -0.3 is 10.6 Å². The van der Waals surface area contributed by atoms with Crippen LogP contribution in [-0.2, 0) is 0 Å². The van der Waals surface area contributed by atoms with Crippen molar-refractivity contribution >= 4 is 17.5 Å². The summed E-state index contributed by atoms with van der Waals surface area (Å²) in [6.07, 6.45) is 0. The molecule has 138 valence electrons. The molecule has 0 saturated carbocycles. The lowest BCUT2D eigenvalue weighted by molar-refractivity contribution is 0.0962. The molecule has 0 aliphatic heterocycles. The molecule has 0 saturated heterocycles. The molecule has 27 heavy (non-hydrogen) atoms. The minimum atomic E-state index is -0.335. The highest BCUT2D eigenvalue weighted by atomic mass is 19.1. The van der Waals surface area contributed by atoms with Crippen LogP contribution in [0.15, 0.2) is 48.5 Å². The predicted molar refractivity (Wildman–Crippen MR) is 101 cm³/mol. The van der Waals surface area contributed by atoms with E-state index < -0.39 is 0 Å². The van der Waals surface area contributed by atoms with Crippen LogP contribution in [0.1, 0.15) is 32.1 Å². The first kappa shape index (κ1) is 18.3. The first-order chi connectivity index (χ1) is 12.9. The molecular formula is C20H19FN4O2. The number of hydrogen-bond acceptors (Lipinski definition) is 3. The number of carbonyl (C=O) groups excluding carboxylic acids is 2. The molecule has 1 heterocycles. The van der Waals surface area contributed by atoms with Gasteiger partial charge in [-0.1, -0.05) is 0 Å². The van der Waals surface area contributed by atoms with Crippen LogP contribution < -0.4 is 10.6 Å². The second-order valence-corrected chi connectivity index (χ2v) is 6.04. The van der Waals surface area contributed by atoms with Crippen molar-refractivity contribution < 1.29 is 14.0 Å². The lowest BCUT2D eigenvalue weighted by Crippen LogP contribution is -2.18. The van der Waals surface area contributed by atoms with Crippen LogP contribution in [0.4, 0.5) is 10.1 Å². The summed E-state index contributed by atoms with van der Waals surface area (Å²) >= 11 is 0. The van der Waals surface area contributed by atoms with E-state index in [0.29, 0.717) is 33.9 Å². The molecule has 3 rings (SSSR count). The van der Waals surface area contributed by atoms with E-state index in [1.807, 2.05) is 0 Å². The summed E-state index contributed by atoms with van der Waals surface area (Å²) in [4.78, 5) is 24.3. The summed E-state index contributed by atoms with van der Waals surface area (Å²) in [5.41, 5.74) is 3.42. The number of aromatic nitrogens is 2. The van der Waals surface area contributed by atoms with E-state index in [1.54, 1.807) is 62.0 Å². The van der Waals surface area contributed by atoms with E-state index >= 15 is 0 Å². The molecule has 0 aliphatic rings. The van der Waals surface area contributed by atoms with Crippen LogP contribution in [0.2, 0.25) is 0 Å². The zero-order valence-corrected chi connectivity index (χ0v) is 15.2. The predicted octanol–water partition coefficient (Wildman–Crippen LogP) is 3.24. The summed E-state index contributed by atoms with van der Waals surface area (Å²) < 4.78 is 14.7. The van der Waals surface area contributed by atoms with Gasteiger partial charge in [0.25, 0.3) is 11.8 Å². The Bertz CT molecular complexity index is 992. The molecule has 1 aromatic heterocycles. The largest absolute Gasteiger partial charge is 0.355 e. The minimum Gasteiger partial charge on any atom is -0.355 e. The maximum atomic E-state index is 13.1. The van der Waals surface area contributed by atoms with Crippen molar-refractivity contribution in [1.82, 2.24) is 15.1 Å². The molecule has 0 spiro atoms. The molecule has 0 radical (unpaired) electrons. The Morgan fingerprint density at radius 3 is 2.19 bits per heavy atom. The monoisotopic (exact) mass is 366 g/mol. The van der Waals surface area contributed by atoms with Gasteiger partial charge >= 0.3 is 0 Å². The second kappa shape index (κ2) is 7.41. The molecule has 7 heteroatoms. The van der Waals surface area contributed by atoms with Crippen molar-refractivity contribution in [2.75, 3.05) is 12.4 Å². The Morgan fingerprint density at radius 1 is 0.963 bits per heavy atom. The minimum absolute atomic E-state index is 0.194. The first-order valence-corrected chi connectivity index (χ1v) is 8.36. The third-order valence-corrected chi connectivity index (χ3v) is 4.22. The first-order valence-electron chi connectivity index (χ1n) is 8.36. The second-order valence-electron chi connectivity index (χ2n) is 6.04. The zero-order valence-electron chi connectivity index (χ0n) is 15.2. The summed E-state index contributed by atoms with van der Waals surface area (Å²) in [7, 11) is 1.56. The molecular weight excluding hydrogens is 347 g/mol. The molecule has 0 bridgehead atoms. The van der Waals surface area contributed by atoms with Gasteiger partial charge in [-0.25, -0.2) is 9.07 Å². The van der Waals surface area contributed by atoms with Crippen LogP contribution >= 0.6 is 0 Å². The smallest absolute Gasteiger partial charge is 0.259 e. The van der Waals surface area contributed by atoms with Gasteiger partial charge in [0.1, 0.15) is 5.82 Å². The van der Waals surface area contributed by atoms with Crippen LogP contribution in [0.25, 0.3) is 5.69 Å². The lowest BCUT2D eigenvalue weighted by atomic mass is 10.1. The molecule has 6 nitrogen and oxygen atoms in total. The molecule has 0 unspecified atom stereocenters. The van der Waals surface area contributed by atoms with Gasteiger partial charge in [0.15, 0.2) is 0 Å². The molecule has 2 amide bonds. The van der Waals surface area contributed by atoms with Crippen LogP contribution in [0.5, 0.6) is 0 Å². The number of nitrogens with zero attached hydrogens (tertiary/aromatic N) is 2. The van der Waals surface area contributed by atoms with Crippen molar-refractivity contribution in [3.8, 4) is 5.69 Å². The van der Waals surface area contributed by atoms with E-state index in [2.05, 4.69) is 15.7 Å². The van der Waals surface area contributed by atoms with Crippen molar-refractivity contribution in [2.45, 2.75) is 13.8 Å². The number of halogens is 1. The van der Waals surface area contributed by atoms with Crippen LogP contribution in [0.3, 0.4) is 0 Å². The number of aryl methyl sites for hydroxylation is 1. The standard InChI is InChI=1S/C20H19FN4O2/c1-12-18(13(2)25(24-12)17-10-6-15(21)7-11-17)20(27)23-16-8-4-14(5-9-16)19(26)22-3/h4-11H,1-3H3,(H,22,26)(H,23,27). The van der Waals surface area contributed by atoms with Gasteiger partial charge in [-0.3, -0.25) is 9.59 Å². The number of benzene rings is 2. The zero-order chi connectivity index (χ0) is 19.6. The van der Waals surface area contributed by atoms with Crippen molar-refractivity contribution in [2.24, 2.45) is 0 Å². The number of rotatable bonds is 4. The molecule has 2 aromatic carbocycles. The number of anilines is 1. The average molecular weight is 366 g/mol. The number of hydrogen-bond donors (Lipinski definition) is 2. The van der Waals surface area contributed by atoms with Gasteiger partial charge in [0.2, 0.25) is 0 Å².